The van der Waals surface area contributed by atoms with Crippen molar-refractivity contribution in [2.75, 3.05) is 11.4 Å². The Morgan fingerprint density at radius 2 is 2.05 bits per heavy atom. The highest BCUT2D eigenvalue weighted by Gasteiger charge is 2.17. The number of rotatable bonds is 3. The number of nitrogens with zero attached hydrogens (tertiary/aromatic N) is 4. The van der Waals surface area contributed by atoms with Crippen LogP contribution >= 0.6 is 0 Å². The Balaban J connectivity index is 1.73. The molecule has 5 heteroatoms. The van der Waals surface area contributed by atoms with Crippen LogP contribution in [0.25, 0.3) is 0 Å². The summed E-state index contributed by atoms with van der Waals surface area (Å²) < 4.78 is 2.11. The number of hydrogen-bond donors (Lipinski definition) is 1. The van der Waals surface area contributed by atoms with Crippen LogP contribution in [0.15, 0.2) is 30.6 Å². The van der Waals surface area contributed by atoms with E-state index in [0.29, 0.717) is 0 Å². The van der Waals surface area contributed by atoms with Gasteiger partial charge in [0.25, 0.3) is 0 Å². The molecule has 0 spiro atoms. The average Bonchev–Trinajstić information content (AvgIpc) is 2.86. The van der Waals surface area contributed by atoms with Crippen LogP contribution in [0.1, 0.15) is 18.3 Å². The second-order valence-electron chi connectivity index (χ2n) is 5.21. The van der Waals surface area contributed by atoms with Gasteiger partial charge in [-0.2, -0.15) is 0 Å². The zero-order valence-electron chi connectivity index (χ0n) is 11.2. The minimum absolute atomic E-state index is 0.208. The highest BCUT2D eigenvalue weighted by Crippen LogP contribution is 2.20. The summed E-state index contributed by atoms with van der Waals surface area (Å²) in [5.41, 5.74) is 8.35. The van der Waals surface area contributed by atoms with E-state index in [4.69, 9.17) is 5.73 Å². The van der Waals surface area contributed by atoms with E-state index >= 15 is 0 Å². The van der Waals surface area contributed by atoms with E-state index < -0.39 is 0 Å². The Bertz CT molecular complexity index is 543. The Kier molecular flexibility index (Phi) is 3.21. The molecule has 0 bridgehead atoms. The van der Waals surface area contributed by atoms with Crippen molar-refractivity contribution < 1.29 is 0 Å². The molecule has 2 aromatic rings. The molecule has 5 nitrogen and oxygen atoms in total. The summed E-state index contributed by atoms with van der Waals surface area (Å²) in [4.78, 5) is 2.33. The van der Waals surface area contributed by atoms with Crippen molar-refractivity contribution in [3.05, 3.63) is 42.0 Å². The van der Waals surface area contributed by atoms with Gasteiger partial charge < -0.3 is 15.2 Å². The number of hydrogen-bond acceptors (Lipinski definition) is 4. The molecule has 0 saturated carbocycles. The second kappa shape index (κ2) is 5.01. The molecule has 19 heavy (non-hydrogen) atoms. The molecule has 2 N–H and O–H groups in total. The summed E-state index contributed by atoms with van der Waals surface area (Å²) in [7, 11) is 0. The number of nitrogens with two attached hydrogens (primary N) is 1. The second-order valence-corrected chi connectivity index (χ2v) is 5.21. The fraction of sp³-hybridized carbons (Fsp3) is 0.429. The van der Waals surface area contributed by atoms with Crippen LogP contribution in [0.4, 0.5) is 5.69 Å². The summed E-state index contributed by atoms with van der Waals surface area (Å²) in [6, 6.07) is 8.88. The van der Waals surface area contributed by atoms with Crippen LogP contribution in [-0.2, 0) is 19.5 Å². The number of benzene rings is 1. The van der Waals surface area contributed by atoms with Gasteiger partial charge in [-0.05, 0) is 31.0 Å². The highest BCUT2D eigenvalue weighted by atomic mass is 15.3. The lowest BCUT2D eigenvalue weighted by Gasteiger charge is -2.29. The van der Waals surface area contributed by atoms with E-state index in [-0.39, 0.29) is 6.04 Å². The van der Waals surface area contributed by atoms with Gasteiger partial charge in [-0.15, -0.1) is 10.2 Å². The minimum atomic E-state index is 0.208. The van der Waals surface area contributed by atoms with Crippen LogP contribution in [0.3, 0.4) is 0 Å². The van der Waals surface area contributed by atoms with E-state index in [0.717, 1.165) is 31.9 Å². The number of fused-ring (bicyclic) bond motifs is 1. The maximum absolute atomic E-state index is 5.82. The van der Waals surface area contributed by atoms with Crippen molar-refractivity contribution in [3.8, 4) is 0 Å². The first kappa shape index (κ1) is 12.2. The molecule has 0 fully saturated rings. The lowest BCUT2D eigenvalue weighted by molar-refractivity contribution is 0.560. The Morgan fingerprint density at radius 3 is 2.79 bits per heavy atom. The van der Waals surface area contributed by atoms with E-state index in [9.17, 15) is 0 Å². The fourth-order valence-electron chi connectivity index (χ4n) is 2.50. The summed E-state index contributed by atoms with van der Waals surface area (Å²) >= 11 is 0. The highest BCUT2D eigenvalue weighted by molar-refractivity contribution is 5.48. The van der Waals surface area contributed by atoms with Crippen molar-refractivity contribution in [1.29, 1.82) is 0 Å². The van der Waals surface area contributed by atoms with Crippen molar-refractivity contribution in [2.45, 2.75) is 32.5 Å². The van der Waals surface area contributed by atoms with Crippen LogP contribution in [0.5, 0.6) is 0 Å². The topological polar surface area (TPSA) is 60.0 Å². The van der Waals surface area contributed by atoms with Gasteiger partial charge in [-0.1, -0.05) is 12.1 Å². The van der Waals surface area contributed by atoms with Gasteiger partial charge in [0, 0.05) is 24.8 Å². The quantitative estimate of drug-likeness (QED) is 0.897. The summed E-state index contributed by atoms with van der Waals surface area (Å²) in [6.07, 6.45) is 2.73. The van der Waals surface area contributed by atoms with Gasteiger partial charge in [0.1, 0.15) is 6.33 Å². The van der Waals surface area contributed by atoms with Gasteiger partial charge in [-0.3, -0.25) is 0 Å². The molecule has 1 aromatic carbocycles. The van der Waals surface area contributed by atoms with Crippen molar-refractivity contribution in [2.24, 2.45) is 5.73 Å². The first-order chi connectivity index (χ1) is 9.22. The molecule has 0 amide bonds. The lowest BCUT2D eigenvalue weighted by atomic mass is 10.1. The standard InChI is InChI=1S/C14H19N5/c1-11(15)8-12-2-4-13(5-3-12)18-6-7-19-10-16-17-14(19)9-18/h2-5,10-11H,6-9,15H2,1H3. The zero-order valence-corrected chi connectivity index (χ0v) is 11.2. The Hall–Kier alpha value is -1.88. The fourth-order valence-corrected chi connectivity index (χ4v) is 2.50. The van der Waals surface area contributed by atoms with E-state index in [1.807, 2.05) is 6.92 Å². The predicted octanol–water partition coefficient (Wildman–Crippen LogP) is 1.19. The smallest absolute Gasteiger partial charge is 0.152 e. The van der Waals surface area contributed by atoms with Crippen molar-refractivity contribution in [1.82, 2.24) is 14.8 Å². The van der Waals surface area contributed by atoms with E-state index in [2.05, 4.69) is 43.9 Å². The predicted molar refractivity (Wildman–Crippen MR) is 74.9 cm³/mol. The number of anilines is 1. The van der Waals surface area contributed by atoms with Crippen LogP contribution in [0.2, 0.25) is 0 Å². The molecule has 100 valence electrons. The van der Waals surface area contributed by atoms with Crippen LogP contribution < -0.4 is 10.6 Å². The maximum atomic E-state index is 5.82. The molecule has 1 aromatic heterocycles. The average molecular weight is 257 g/mol. The van der Waals surface area contributed by atoms with E-state index in [1.165, 1.54) is 11.3 Å². The molecule has 0 saturated heterocycles. The molecule has 3 rings (SSSR count). The monoisotopic (exact) mass is 257 g/mol. The lowest BCUT2D eigenvalue weighted by Crippen LogP contribution is -2.33. The molecule has 0 radical (unpaired) electrons. The third kappa shape index (κ3) is 2.61. The summed E-state index contributed by atoms with van der Waals surface area (Å²) in [5, 5.41) is 8.10. The van der Waals surface area contributed by atoms with Gasteiger partial charge in [-0.25, -0.2) is 0 Å². The molecular formula is C14H19N5. The molecular weight excluding hydrogens is 238 g/mol. The molecule has 1 atom stereocenters. The van der Waals surface area contributed by atoms with Gasteiger partial charge >= 0.3 is 0 Å². The zero-order chi connectivity index (χ0) is 13.2. The first-order valence-corrected chi connectivity index (χ1v) is 6.68. The van der Waals surface area contributed by atoms with E-state index in [1.54, 1.807) is 6.33 Å². The summed E-state index contributed by atoms with van der Waals surface area (Å²) in [5.74, 6) is 1.03. The first-order valence-electron chi connectivity index (χ1n) is 6.68. The Morgan fingerprint density at radius 1 is 1.26 bits per heavy atom. The minimum Gasteiger partial charge on any atom is -0.362 e. The van der Waals surface area contributed by atoms with Crippen LogP contribution in [0, 0.1) is 0 Å². The van der Waals surface area contributed by atoms with Gasteiger partial charge in [0.05, 0.1) is 6.54 Å². The van der Waals surface area contributed by atoms with Crippen molar-refractivity contribution in [3.63, 3.8) is 0 Å². The molecule has 1 aliphatic rings. The number of aromatic nitrogens is 3. The summed E-state index contributed by atoms with van der Waals surface area (Å²) in [6.45, 7) is 4.81. The third-order valence-electron chi connectivity index (χ3n) is 3.50. The molecule has 1 aliphatic heterocycles. The van der Waals surface area contributed by atoms with Crippen molar-refractivity contribution >= 4 is 5.69 Å². The SMILES string of the molecule is CC(N)Cc1ccc(N2CCn3cnnc3C2)cc1. The normalized spacial score (nSPS) is 16.2. The van der Waals surface area contributed by atoms with Crippen LogP contribution in [-0.4, -0.2) is 27.4 Å². The molecule has 0 aliphatic carbocycles. The molecule has 2 heterocycles. The third-order valence-corrected chi connectivity index (χ3v) is 3.50. The van der Waals surface area contributed by atoms with Gasteiger partial charge in [0.15, 0.2) is 5.82 Å². The molecule has 1 unspecified atom stereocenters. The van der Waals surface area contributed by atoms with Gasteiger partial charge in [0.2, 0.25) is 0 Å². The largest absolute Gasteiger partial charge is 0.362 e. The Labute approximate surface area is 113 Å². The maximum Gasteiger partial charge on any atom is 0.152 e.